The summed E-state index contributed by atoms with van der Waals surface area (Å²) in [6.45, 7) is 3.08. The minimum Gasteiger partial charge on any atom is -0.393 e. The molecule has 1 amide bonds. The van der Waals surface area contributed by atoms with Crippen LogP contribution in [0.3, 0.4) is 0 Å². The second-order valence-electron chi connectivity index (χ2n) is 4.30. The van der Waals surface area contributed by atoms with Gasteiger partial charge in [-0.3, -0.25) is 4.79 Å². The average Bonchev–Trinajstić information content (AvgIpc) is 2.34. The molecule has 0 fully saturated rings. The zero-order valence-electron chi connectivity index (χ0n) is 10.5. The lowest BCUT2D eigenvalue weighted by molar-refractivity contribution is -0.121. The number of carbonyl (C=O) groups is 1. The van der Waals surface area contributed by atoms with Gasteiger partial charge in [0, 0.05) is 25.2 Å². The Morgan fingerprint density at radius 2 is 1.94 bits per heavy atom. The molecule has 18 heavy (non-hydrogen) atoms. The highest BCUT2D eigenvalue weighted by molar-refractivity contribution is 7.80. The minimum atomic E-state index is -0.300. The van der Waals surface area contributed by atoms with Crippen LogP contribution < -0.4 is 16.4 Å². The highest BCUT2D eigenvalue weighted by Gasteiger charge is 2.15. The van der Waals surface area contributed by atoms with Crippen molar-refractivity contribution in [3.8, 4) is 0 Å². The Labute approximate surface area is 113 Å². The average molecular weight is 265 g/mol. The third kappa shape index (κ3) is 4.71. The summed E-state index contributed by atoms with van der Waals surface area (Å²) in [6.07, 6.45) is 0.621. The molecule has 1 rings (SSSR count). The maximum absolute atomic E-state index is 11.1. The Bertz CT molecular complexity index is 408. The van der Waals surface area contributed by atoms with E-state index < -0.39 is 0 Å². The number of anilines is 1. The fourth-order valence-corrected chi connectivity index (χ4v) is 1.72. The van der Waals surface area contributed by atoms with Crippen LogP contribution in [0.1, 0.15) is 13.3 Å². The summed E-state index contributed by atoms with van der Waals surface area (Å²) in [4.78, 5) is 13.7. The van der Waals surface area contributed by atoms with Crippen LogP contribution in [0.5, 0.6) is 0 Å². The molecule has 5 heteroatoms. The third-order valence-electron chi connectivity index (χ3n) is 2.73. The van der Waals surface area contributed by atoms with E-state index >= 15 is 0 Å². The number of primary amides is 1. The van der Waals surface area contributed by atoms with Gasteiger partial charge in [-0.1, -0.05) is 37.3 Å². The van der Waals surface area contributed by atoms with Crippen LogP contribution in [0.4, 0.5) is 5.69 Å². The quantitative estimate of drug-likeness (QED) is 0.729. The van der Waals surface area contributed by atoms with Crippen molar-refractivity contribution in [3.63, 3.8) is 0 Å². The molecule has 0 aromatic heterocycles. The normalized spacial score (nSPS) is 11.8. The summed E-state index contributed by atoms with van der Waals surface area (Å²) in [5.74, 6) is -0.511. The molecule has 0 spiro atoms. The second-order valence-corrected chi connectivity index (χ2v) is 4.83. The summed E-state index contributed by atoms with van der Waals surface area (Å²) in [6, 6.07) is 9.85. The Morgan fingerprint density at radius 1 is 1.33 bits per heavy atom. The van der Waals surface area contributed by atoms with Crippen molar-refractivity contribution in [3.05, 3.63) is 30.3 Å². The van der Waals surface area contributed by atoms with Crippen LogP contribution in [-0.4, -0.2) is 24.0 Å². The number of nitrogens with zero attached hydrogens (tertiary/aromatic N) is 1. The number of hydrogen-bond donors (Lipinski definition) is 2. The van der Waals surface area contributed by atoms with Crippen molar-refractivity contribution in [2.24, 2.45) is 17.4 Å². The molecule has 4 nitrogen and oxygen atoms in total. The van der Waals surface area contributed by atoms with Gasteiger partial charge in [-0.2, -0.15) is 0 Å². The van der Waals surface area contributed by atoms with Gasteiger partial charge in [0.05, 0.1) is 10.9 Å². The lowest BCUT2D eigenvalue weighted by atomic mass is 10.1. The molecule has 1 aromatic rings. The molecule has 98 valence electrons. The molecule has 1 unspecified atom stereocenters. The van der Waals surface area contributed by atoms with Gasteiger partial charge >= 0.3 is 0 Å². The van der Waals surface area contributed by atoms with Crippen molar-refractivity contribution < 1.29 is 4.79 Å². The van der Waals surface area contributed by atoms with Crippen molar-refractivity contribution >= 4 is 28.8 Å². The minimum absolute atomic E-state index is 0.212. The summed E-state index contributed by atoms with van der Waals surface area (Å²) >= 11 is 4.89. The molecule has 0 radical (unpaired) electrons. The molecule has 4 N–H and O–H groups in total. The first-order chi connectivity index (χ1) is 8.50. The van der Waals surface area contributed by atoms with E-state index in [0.29, 0.717) is 24.5 Å². The SMILES string of the molecule is CC(CN(CCC(N)=S)c1ccccc1)C(N)=O. The molecule has 1 atom stereocenters. The van der Waals surface area contributed by atoms with E-state index in [4.69, 9.17) is 23.7 Å². The molecular weight excluding hydrogens is 246 g/mol. The summed E-state index contributed by atoms with van der Waals surface area (Å²) in [5, 5.41) is 0. The molecule has 0 heterocycles. The number of hydrogen-bond acceptors (Lipinski definition) is 3. The topological polar surface area (TPSA) is 72.3 Å². The molecule has 1 aromatic carbocycles. The maximum Gasteiger partial charge on any atom is 0.222 e. The van der Waals surface area contributed by atoms with Gasteiger partial charge in [0.2, 0.25) is 5.91 Å². The fraction of sp³-hybridized carbons (Fsp3) is 0.385. The maximum atomic E-state index is 11.1. The lowest BCUT2D eigenvalue weighted by Crippen LogP contribution is -2.36. The van der Waals surface area contributed by atoms with Gasteiger partial charge in [-0.15, -0.1) is 0 Å². The van der Waals surface area contributed by atoms with Gasteiger partial charge in [-0.05, 0) is 12.1 Å². The van der Waals surface area contributed by atoms with E-state index in [0.717, 1.165) is 5.69 Å². The van der Waals surface area contributed by atoms with Crippen LogP contribution in [-0.2, 0) is 4.79 Å². The summed E-state index contributed by atoms with van der Waals surface area (Å²) in [5.41, 5.74) is 11.9. The standard InChI is InChI=1S/C13H19N3OS/c1-10(13(15)17)9-16(8-7-12(14)18)11-5-3-2-4-6-11/h2-6,10H,7-9H2,1H3,(H2,14,18)(H2,15,17). The van der Waals surface area contributed by atoms with Crippen molar-refractivity contribution in [2.45, 2.75) is 13.3 Å². The molecule has 0 aliphatic heterocycles. The smallest absolute Gasteiger partial charge is 0.222 e. The highest BCUT2D eigenvalue weighted by Crippen LogP contribution is 2.15. The van der Waals surface area contributed by atoms with Gasteiger partial charge in [0.15, 0.2) is 0 Å². The number of carbonyl (C=O) groups excluding carboxylic acids is 1. The Morgan fingerprint density at radius 3 is 2.44 bits per heavy atom. The summed E-state index contributed by atoms with van der Waals surface area (Å²) in [7, 11) is 0. The van der Waals surface area contributed by atoms with E-state index in [2.05, 4.69) is 4.90 Å². The van der Waals surface area contributed by atoms with E-state index in [-0.39, 0.29) is 11.8 Å². The highest BCUT2D eigenvalue weighted by atomic mass is 32.1. The Hall–Kier alpha value is -1.62. The fourth-order valence-electron chi connectivity index (χ4n) is 1.63. The Balaban J connectivity index is 2.75. The molecule has 0 aliphatic rings. The predicted octanol–water partition coefficient (Wildman–Crippen LogP) is 1.29. The van der Waals surface area contributed by atoms with E-state index in [9.17, 15) is 4.79 Å². The first-order valence-corrected chi connectivity index (χ1v) is 6.29. The van der Waals surface area contributed by atoms with E-state index in [1.165, 1.54) is 0 Å². The monoisotopic (exact) mass is 265 g/mol. The number of amides is 1. The molecule has 0 saturated heterocycles. The predicted molar refractivity (Wildman–Crippen MR) is 78.4 cm³/mol. The Kier molecular flexibility index (Phi) is 5.58. The van der Waals surface area contributed by atoms with Crippen molar-refractivity contribution in [2.75, 3.05) is 18.0 Å². The van der Waals surface area contributed by atoms with Crippen LogP contribution in [0.25, 0.3) is 0 Å². The van der Waals surface area contributed by atoms with Crippen LogP contribution in [0, 0.1) is 5.92 Å². The second kappa shape index (κ2) is 6.96. The zero-order valence-corrected chi connectivity index (χ0v) is 11.3. The number of para-hydroxylation sites is 1. The number of benzene rings is 1. The molecule has 0 bridgehead atoms. The summed E-state index contributed by atoms with van der Waals surface area (Å²) < 4.78 is 0. The number of nitrogens with two attached hydrogens (primary N) is 2. The van der Waals surface area contributed by atoms with Crippen molar-refractivity contribution in [1.82, 2.24) is 0 Å². The van der Waals surface area contributed by atoms with Crippen molar-refractivity contribution in [1.29, 1.82) is 0 Å². The van der Waals surface area contributed by atoms with Gasteiger partial charge in [-0.25, -0.2) is 0 Å². The largest absolute Gasteiger partial charge is 0.393 e. The van der Waals surface area contributed by atoms with Gasteiger partial charge in [0.1, 0.15) is 0 Å². The first kappa shape index (κ1) is 14.4. The van der Waals surface area contributed by atoms with E-state index in [1.807, 2.05) is 37.3 Å². The molecule has 0 aliphatic carbocycles. The van der Waals surface area contributed by atoms with E-state index in [1.54, 1.807) is 0 Å². The first-order valence-electron chi connectivity index (χ1n) is 5.88. The number of rotatable bonds is 7. The molecule has 0 saturated carbocycles. The zero-order chi connectivity index (χ0) is 13.5. The van der Waals surface area contributed by atoms with Gasteiger partial charge in [0.25, 0.3) is 0 Å². The van der Waals surface area contributed by atoms with Crippen LogP contribution in [0.2, 0.25) is 0 Å². The molecular formula is C13H19N3OS. The lowest BCUT2D eigenvalue weighted by Gasteiger charge is -2.26. The van der Waals surface area contributed by atoms with Crippen LogP contribution in [0.15, 0.2) is 30.3 Å². The van der Waals surface area contributed by atoms with Crippen LogP contribution >= 0.6 is 12.2 Å². The van der Waals surface area contributed by atoms with Gasteiger partial charge < -0.3 is 16.4 Å². The third-order valence-corrected chi connectivity index (χ3v) is 2.93. The number of thiocarbonyl (C=S) groups is 1.